The standard InChI is InChI=1S/C16H24N2O2S/c1-4-21-13-8-5-7-12(14(13)15(19)20)17-11-16(18(2)3)9-6-10-16/h5,7-8,17H,4,6,9-11H2,1-3H3,(H,19,20). The SMILES string of the molecule is CCSc1cccc(NCC2(N(C)C)CCC2)c1C(=O)O. The van der Waals surface area contributed by atoms with Crippen molar-refractivity contribution in [2.75, 3.05) is 31.7 Å². The van der Waals surface area contributed by atoms with Crippen LogP contribution >= 0.6 is 11.8 Å². The molecule has 0 aromatic heterocycles. The monoisotopic (exact) mass is 308 g/mol. The van der Waals surface area contributed by atoms with Gasteiger partial charge >= 0.3 is 5.97 Å². The number of rotatable bonds is 7. The van der Waals surface area contributed by atoms with Gasteiger partial charge in [0.25, 0.3) is 0 Å². The van der Waals surface area contributed by atoms with Crippen molar-refractivity contribution in [3.63, 3.8) is 0 Å². The molecule has 1 aromatic rings. The minimum atomic E-state index is -0.860. The first-order chi connectivity index (χ1) is 10.00. The first-order valence-electron chi connectivity index (χ1n) is 7.40. The number of likely N-dealkylation sites (N-methyl/N-ethyl adjacent to an activating group) is 1. The van der Waals surface area contributed by atoms with Gasteiger partial charge in [-0.15, -0.1) is 11.8 Å². The second-order valence-corrected chi connectivity index (χ2v) is 7.05. The van der Waals surface area contributed by atoms with E-state index in [0.717, 1.165) is 22.9 Å². The number of carboxylic acid groups (broad SMARTS) is 1. The van der Waals surface area contributed by atoms with E-state index in [1.165, 1.54) is 19.3 Å². The Morgan fingerprint density at radius 2 is 2.14 bits per heavy atom. The Bertz CT molecular complexity index is 513. The molecule has 21 heavy (non-hydrogen) atoms. The molecule has 1 saturated carbocycles. The molecule has 0 spiro atoms. The van der Waals surface area contributed by atoms with Crippen LogP contribution in [0, 0.1) is 0 Å². The number of nitrogens with zero attached hydrogens (tertiary/aromatic N) is 1. The number of aromatic carboxylic acids is 1. The zero-order valence-electron chi connectivity index (χ0n) is 13.0. The highest BCUT2D eigenvalue weighted by Gasteiger charge is 2.38. The van der Waals surface area contributed by atoms with Crippen LogP contribution < -0.4 is 5.32 Å². The molecular formula is C16H24N2O2S. The van der Waals surface area contributed by atoms with Crippen molar-refractivity contribution in [3.05, 3.63) is 23.8 Å². The molecule has 0 atom stereocenters. The summed E-state index contributed by atoms with van der Waals surface area (Å²) in [5.74, 6) is 0.00677. The Balaban J connectivity index is 2.19. The number of carbonyl (C=O) groups is 1. The lowest BCUT2D eigenvalue weighted by atomic mass is 9.75. The average Bonchev–Trinajstić information content (AvgIpc) is 2.37. The highest BCUT2D eigenvalue weighted by atomic mass is 32.2. The third kappa shape index (κ3) is 3.35. The van der Waals surface area contributed by atoms with Crippen LogP contribution in [-0.4, -0.2) is 47.9 Å². The summed E-state index contributed by atoms with van der Waals surface area (Å²) in [7, 11) is 4.20. The molecule has 0 saturated heterocycles. The quantitative estimate of drug-likeness (QED) is 0.756. The van der Waals surface area contributed by atoms with Gasteiger partial charge in [-0.1, -0.05) is 13.0 Å². The molecule has 2 N–H and O–H groups in total. The molecule has 116 valence electrons. The van der Waals surface area contributed by atoms with Crippen LogP contribution in [0.3, 0.4) is 0 Å². The zero-order valence-corrected chi connectivity index (χ0v) is 13.8. The molecule has 0 bridgehead atoms. The molecule has 1 aromatic carbocycles. The van der Waals surface area contributed by atoms with Gasteiger partial charge in [-0.2, -0.15) is 0 Å². The Kier molecular flexibility index (Phi) is 5.17. The highest BCUT2D eigenvalue weighted by molar-refractivity contribution is 7.99. The lowest BCUT2D eigenvalue weighted by Gasteiger charge is -2.47. The second kappa shape index (κ2) is 6.71. The van der Waals surface area contributed by atoms with Gasteiger partial charge < -0.3 is 15.3 Å². The van der Waals surface area contributed by atoms with Crippen molar-refractivity contribution >= 4 is 23.4 Å². The highest BCUT2D eigenvalue weighted by Crippen LogP contribution is 2.37. The topological polar surface area (TPSA) is 52.6 Å². The predicted molar refractivity (Wildman–Crippen MR) is 88.6 cm³/mol. The van der Waals surface area contributed by atoms with Crippen molar-refractivity contribution in [1.29, 1.82) is 0 Å². The Morgan fingerprint density at radius 3 is 2.62 bits per heavy atom. The largest absolute Gasteiger partial charge is 0.478 e. The zero-order chi connectivity index (χ0) is 15.5. The molecule has 4 nitrogen and oxygen atoms in total. The number of carboxylic acids is 1. The third-order valence-corrected chi connectivity index (χ3v) is 5.32. The fourth-order valence-electron chi connectivity index (χ4n) is 2.80. The number of benzene rings is 1. The average molecular weight is 308 g/mol. The van der Waals surface area contributed by atoms with Gasteiger partial charge in [0.2, 0.25) is 0 Å². The summed E-state index contributed by atoms with van der Waals surface area (Å²) in [6, 6.07) is 5.68. The fourth-order valence-corrected chi connectivity index (χ4v) is 3.63. The van der Waals surface area contributed by atoms with Gasteiger partial charge in [-0.3, -0.25) is 0 Å². The van der Waals surface area contributed by atoms with Crippen molar-refractivity contribution in [3.8, 4) is 0 Å². The van der Waals surface area contributed by atoms with E-state index in [1.807, 2.05) is 25.1 Å². The number of hydrogen-bond acceptors (Lipinski definition) is 4. The van der Waals surface area contributed by atoms with E-state index in [0.29, 0.717) is 5.56 Å². The molecule has 1 fully saturated rings. The van der Waals surface area contributed by atoms with E-state index in [1.54, 1.807) is 11.8 Å². The van der Waals surface area contributed by atoms with E-state index >= 15 is 0 Å². The maximum atomic E-state index is 11.6. The molecule has 1 aliphatic rings. The molecule has 0 radical (unpaired) electrons. The first kappa shape index (κ1) is 16.2. The normalized spacial score (nSPS) is 16.6. The Hall–Kier alpha value is -1.20. The predicted octanol–water partition coefficient (Wildman–Crippen LogP) is 3.39. The number of hydrogen-bond donors (Lipinski definition) is 2. The van der Waals surface area contributed by atoms with Crippen molar-refractivity contribution in [1.82, 2.24) is 4.90 Å². The van der Waals surface area contributed by atoms with Crippen LogP contribution in [0.15, 0.2) is 23.1 Å². The first-order valence-corrected chi connectivity index (χ1v) is 8.39. The maximum absolute atomic E-state index is 11.6. The molecule has 5 heteroatoms. The summed E-state index contributed by atoms with van der Waals surface area (Å²) in [6.45, 7) is 2.83. The molecule has 1 aliphatic carbocycles. The number of nitrogens with one attached hydrogen (secondary N) is 1. The number of anilines is 1. The summed E-state index contributed by atoms with van der Waals surface area (Å²) in [6.07, 6.45) is 3.58. The van der Waals surface area contributed by atoms with Crippen LogP contribution in [-0.2, 0) is 0 Å². The smallest absolute Gasteiger partial charge is 0.338 e. The van der Waals surface area contributed by atoms with Gasteiger partial charge in [0, 0.05) is 22.7 Å². The summed E-state index contributed by atoms with van der Waals surface area (Å²) >= 11 is 1.57. The van der Waals surface area contributed by atoms with Gasteiger partial charge in [0.1, 0.15) is 0 Å². The maximum Gasteiger partial charge on any atom is 0.338 e. The summed E-state index contributed by atoms with van der Waals surface area (Å²) in [5, 5.41) is 12.9. The summed E-state index contributed by atoms with van der Waals surface area (Å²) < 4.78 is 0. The van der Waals surface area contributed by atoms with Gasteiger partial charge in [-0.25, -0.2) is 4.79 Å². The molecule has 0 unspecified atom stereocenters. The van der Waals surface area contributed by atoms with Crippen molar-refractivity contribution in [2.45, 2.75) is 36.6 Å². The number of thioether (sulfide) groups is 1. The molecule has 0 amide bonds. The summed E-state index contributed by atoms with van der Waals surface area (Å²) in [5.41, 5.74) is 1.30. The van der Waals surface area contributed by atoms with E-state index in [2.05, 4.69) is 24.3 Å². The minimum absolute atomic E-state index is 0.170. The van der Waals surface area contributed by atoms with Crippen LogP contribution in [0.4, 0.5) is 5.69 Å². The van der Waals surface area contributed by atoms with Crippen molar-refractivity contribution < 1.29 is 9.90 Å². The Labute approximate surface area is 130 Å². The van der Waals surface area contributed by atoms with Crippen LogP contribution in [0.2, 0.25) is 0 Å². The van der Waals surface area contributed by atoms with Gasteiger partial charge in [0.15, 0.2) is 0 Å². The van der Waals surface area contributed by atoms with Crippen LogP contribution in [0.1, 0.15) is 36.5 Å². The summed E-state index contributed by atoms with van der Waals surface area (Å²) in [4.78, 5) is 14.7. The molecule has 0 heterocycles. The third-order valence-electron chi connectivity index (χ3n) is 4.38. The molecular weight excluding hydrogens is 284 g/mol. The van der Waals surface area contributed by atoms with Gasteiger partial charge in [-0.05, 0) is 51.2 Å². The molecule has 0 aliphatic heterocycles. The van der Waals surface area contributed by atoms with Crippen LogP contribution in [0.25, 0.3) is 0 Å². The minimum Gasteiger partial charge on any atom is -0.478 e. The lowest BCUT2D eigenvalue weighted by Crippen LogP contribution is -2.54. The van der Waals surface area contributed by atoms with E-state index < -0.39 is 5.97 Å². The second-order valence-electron chi connectivity index (χ2n) is 5.74. The molecule has 2 rings (SSSR count). The lowest BCUT2D eigenvalue weighted by molar-refractivity contribution is 0.0690. The fraction of sp³-hybridized carbons (Fsp3) is 0.562. The Morgan fingerprint density at radius 1 is 1.43 bits per heavy atom. The van der Waals surface area contributed by atoms with E-state index in [4.69, 9.17) is 0 Å². The van der Waals surface area contributed by atoms with Crippen LogP contribution in [0.5, 0.6) is 0 Å². The van der Waals surface area contributed by atoms with Crippen molar-refractivity contribution in [2.24, 2.45) is 0 Å². The van der Waals surface area contributed by atoms with Gasteiger partial charge in [0.05, 0.1) is 5.56 Å². The van der Waals surface area contributed by atoms with E-state index in [9.17, 15) is 9.90 Å². The van der Waals surface area contributed by atoms with E-state index in [-0.39, 0.29) is 5.54 Å².